The van der Waals surface area contributed by atoms with E-state index in [1.165, 1.54) is 14.2 Å². The van der Waals surface area contributed by atoms with Crippen molar-refractivity contribution in [3.8, 4) is 0 Å². The summed E-state index contributed by atoms with van der Waals surface area (Å²) in [4.78, 5) is 11.7. The first-order chi connectivity index (χ1) is 8.59. The first-order valence-corrected chi connectivity index (χ1v) is 7.72. The van der Waals surface area contributed by atoms with Crippen molar-refractivity contribution in [3.05, 3.63) is 29.8 Å². The van der Waals surface area contributed by atoms with Crippen LogP contribution in [-0.4, -0.2) is 26.4 Å². The van der Waals surface area contributed by atoms with Crippen molar-refractivity contribution < 1.29 is 18.6 Å². The number of rotatable bonds is 6. The molecule has 0 aromatic heterocycles. The van der Waals surface area contributed by atoms with E-state index in [1.54, 1.807) is 24.3 Å². The lowest BCUT2D eigenvalue weighted by Crippen LogP contribution is -2.19. The summed E-state index contributed by atoms with van der Waals surface area (Å²) in [6.07, 6.45) is 2.16. The zero-order chi connectivity index (χ0) is 13.6. The zero-order valence-electron chi connectivity index (χ0n) is 11.0. The Balaban J connectivity index is 3.21. The van der Waals surface area contributed by atoms with Crippen LogP contribution in [0.15, 0.2) is 24.3 Å². The normalized spacial score (nSPS) is 13.9. The van der Waals surface area contributed by atoms with Crippen LogP contribution in [0.1, 0.15) is 30.1 Å². The van der Waals surface area contributed by atoms with E-state index in [9.17, 15) is 9.36 Å². The van der Waals surface area contributed by atoms with Gasteiger partial charge in [-0.1, -0.05) is 25.5 Å². The predicted octanol–water partition coefficient (Wildman–Crippen LogP) is 2.82. The van der Waals surface area contributed by atoms with Crippen molar-refractivity contribution in [2.75, 3.05) is 20.4 Å². The minimum Gasteiger partial charge on any atom is -0.465 e. The number of carbonyl (C=O) groups excluding carboxylic acids is 1. The Bertz CT molecular complexity index is 456. The first-order valence-electron chi connectivity index (χ1n) is 5.91. The molecule has 1 aromatic carbocycles. The third-order valence-electron chi connectivity index (χ3n) is 2.78. The number of hydrogen-bond acceptors (Lipinski definition) is 4. The molecule has 100 valence electrons. The molecule has 0 amide bonds. The molecule has 0 aliphatic heterocycles. The van der Waals surface area contributed by atoms with Gasteiger partial charge in [0.15, 0.2) is 0 Å². The molecule has 18 heavy (non-hydrogen) atoms. The molecule has 1 aromatic rings. The van der Waals surface area contributed by atoms with Crippen molar-refractivity contribution in [2.45, 2.75) is 19.8 Å². The molecule has 0 saturated heterocycles. The Labute approximate surface area is 108 Å². The maximum Gasteiger partial charge on any atom is 0.338 e. The summed E-state index contributed by atoms with van der Waals surface area (Å²) < 4.78 is 22.7. The number of benzene rings is 1. The van der Waals surface area contributed by atoms with Gasteiger partial charge in [0.2, 0.25) is 7.37 Å². The number of unbranched alkanes of at least 4 members (excludes halogenated alkanes) is 1. The second-order valence-corrected chi connectivity index (χ2v) is 6.58. The largest absolute Gasteiger partial charge is 0.465 e. The quantitative estimate of drug-likeness (QED) is 0.589. The Morgan fingerprint density at radius 2 is 1.94 bits per heavy atom. The van der Waals surface area contributed by atoms with Gasteiger partial charge in [-0.2, -0.15) is 0 Å². The average molecular weight is 270 g/mol. The van der Waals surface area contributed by atoms with Crippen LogP contribution < -0.4 is 5.30 Å². The van der Waals surface area contributed by atoms with Crippen molar-refractivity contribution >= 4 is 18.6 Å². The molecule has 0 radical (unpaired) electrons. The lowest BCUT2D eigenvalue weighted by atomic mass is 10.2. The first kappa shape index (κ1) is 14.9. The van der Waals surface area contributed by atoms with Gasteiger partial charge in [-0.3, -0.25) is 4.57 Å². The van der Waals surface area contributed by atoms with E-state index in [0.717, 1.165) is 12.8 Å². The van der Waals surface area contributed by atoms with Gasteiger partial charge in [0.1, 0.15) is 0 Å². The molecule has 0 bridgehead atoms. The van der Waals surface area contributed by atoms with E-state index in [4.69, 9.17) is 9.26 Å². The van der Waals surface area contributed by atoms with Crippen molar-refractivity contribution in [1.82, 2.24) is 0 Å². The monoisotopic (exact) mass is 270 g/mol. The van der Waals surface area contributed by atoms with Gasteiger partial charge in [-0.05, 0) is 18.6 Å². The van der Waals surface area contributed by atoms with Crippen LogP contribution in [-0.2, 0) is 13.8 Å². The number of carbonyl (C=O) groups is 1. The van der Waals surface area contributed by atoms with E-state index < -0.39 is 13.3 Å². The van der Waals surface area contributed by atoms with E-state index in [0.29, 0.717) is 17.0 Å². The molecular formula is C13H19O4P. The lowest BCUT2D eigenvalue weighted by Gasteiger charge is -2.18. The van der Waals surface area contributed by atoms with Crippen molar-refractivity contribution in [2.24, 2.45) is 0 Å². The molecule has 0 fully saturated rings. The smallest absolute Gasteiger partial charge is 0.338 e. The minimum absolute atomic E-state index is 0.321. The van der Waals surface area contributed by atoms with Gasteiger partial charge in [-0.25, -0.2) is 4.79 Å². The van der Waals surface area contributed by atoms with Crippen LogP contribution in [0.3, 0.4) is 0 Å². The molecule has 1 rings (SSSR count). The van der Waals surface area contributed by atoms with Gasteiger partial charge in [0, 0.05) is 13.3 Å². The standard InChI is InChI=1S/C13H19O4P/c1-4-5-10-18(15,17-3)12-9-7-6-8-11(12)13(14)16-2/h6-9H,4-5,10H2,1-3H3. The van der Waals surface area contributed by atoms with E-state index in [1.807, 2.05) is 6.92 Å². The van der Waals surface area contributed by atoms with Crippen molar-refractivity contribution in [3.63, 3.8) is 0 Å². The van der Waals surface area contributed by atoms with Crippen LogP contribution in [0.4, 0.5) is 0 Å². The van der Waals surface area contributed by atoms with Crippen LogP contribution in [0.2, 0.25) is 0 Å². The molecule has 0 N–H and O–H groups in total. The maximum absolute atomic E-state index is 12.8. The number of hydrogen-bond donors (Lipinski definition) is 0. The summed E-state index contributed by atoms with van der Waals surface area (Å²) in [7, 11) is -0.245. The topological polar surface area (TPSA) is 52.6 Å². The molecular weight excluding hydrogens is 251 g/mol. The summed E-state index contributed by atoms with van der Waals surface area (Å²) >= 11 is 0. The molecule has 5 heteroatoms. The van der Waals surface area contributed by atoms with Crippen molar-refractivity contribution in [1.29, 1.82) is 0 Å². The van der Waals surface area contributed by atoms with E-state index in [2.05, 4.69) is 0 Å². The predicted molar refractivity (Wildman–Crippen MR) is 71.8 cm³/mol. The maximum atomic E-state index is 12.8. The highest BCUT2D eigenvalue weighted by Crippen LogP contribution is 2.46. The van der Waals surface area contributed by atoms with Crippen LogP contribution in [0.5, 0.6) is 0 Å². The summed E-state index contributed by atoms with van der Waals surface area (Å²) in [6, 6.07) is 6.75. The fourth-order valence-electron chi connectivity index (χ4n) is 1.73. The van der Waals surface area contributed by atoms with E-state index >= 15 is 0 Å². The van der Waals surface area contributed by atoms with Gasteiger partial charge >= 0.3 is 5.97 Å². The third-order valence-corrected chi connectivity index (χ3v) is 5.40. The number of ether oxygens (including phenoxy) is 1. The molecule has 1 atom stereocenters. The van der Waals surface area contributed by atoms with E-state index in [-0.39, 0.29) is 0 Å². The Hall–Kier alpha value is -1.12. The molecule has 0 spiro atoms. The Morgan fingerprint density at radius 3 is 2.50 bits per heavy atom. The summed E-state index contributed by atoms with van der Waals surface area (Å²) in [5, 5.41) is 0.452. The molecule has 1 unspecified atom stereocenters. The summed E-state index contributed by atoms with van der Waals surface area (Å²) in [5.41, 5.74) is 0.321. The molecule has 0 heterocycles. The van der Waals surface area contributed by atoms with Crippen LogP contribution in [0, 0.1) is 0 Å². The minimum atomic E-state index is -2.97. The molecule has 4 nitrogen and oxygen atoms in total. The highest BCUT2D eigenvalue weighted by Gasteiger charge is 2.29. The second-order valence-electron chi connectivity index (χ2n) is 3.94. The van der Waals surface area contributed by atoms with Crippen LogP contribution in [0.25, 0.3) is 0 Å². The highest BCUT2D eigenvalue weighted by molar-refractivity contribution is 7.67. The molecule has 0 saturated carbocycles. The summed E-state index contributed by atoms with van der Waals surface area (Å²) in [5.74, 6) is -0.487. The zero-order valence-corrected chi connectivity index (χ0v) is 11.9. The fraction of sp³-hybridized carbons (Fsp3) is 0.462. The average Bonchev–Trinajstić information content (AvgIpc) is 2.43. The molecule has 0 aliphatic carbocycles. The number of methoxy groups -OCH3 is 1. The second kappa shape index (κ2) is 6.72. The number of esters is 1. The summed E-state index contributed by atoms with van der Waals surface area (Å²) in [6.45, 7) is 2.02. The van der Waals surface area contributed by atoms with Gasteiger partial charge < -0.3 is 9.26 Å². The Morgan fingerprint density at radius 1 is 1.28 bits per heavy atom. The van der Waals surface area contributed by atoms with Gasteiger partial charge in [0.25, 0.3) is 0 Å². The molecule has 0 aliphatic rings. The fourth-order valence-corrected chi connectivity index (χ4v) is 3.93. The van der Waals surface area contributed by atoms with Crippen LogP contribution >= 0.6 is 7.37 Å². The van der Waals surface area contributed by atoms with Gasteiger partial charge in [-0.15, -0.1) is 0 Å². The highest BCUT2D eigenvalue weighted by atomic mass is 31.2. The van der Waals surface area contributed by atoms with Gasteiger partial charge in [0.05, 0.1) is 18.0 Å². The SMILES string of the molecule is CCCCP(=O)(OC)c1ccccc1C(=O)OC. The lowest BCUT2D eigenvalue weighted by molar-refractivity contribution is 0.0602. The third kappa shape index (κ3) is 3.21. The Kier molecular flexibility index (Phi) is 5.57.